The van der Waals surface area contributed by atoms with Gasteiger partial charge in [0.25, 0.3) is 0 Å². The highest BCUT2D eigenvalue weighted by atomic mass is 35.5. The molecule has 1 saturated heterocycles. The third kappa shape index (κ3) is 2.31. The summed E-state index contributed by atoms with van der Waals surface area (Å²) in [7, 11) is 0. The molecule has 3 unspecified atom stereocenters. The number of fused-ring (bicyclic) bond motifs is 1. The maximum absolute atomic E-state index is 6.62. The third-order valence-electron chi connectivity index (χ3n) is 4.42. The summed E-state index contributed by atoms with van der Waals surface area (Å²) in [5.74, 6) is 0.573. The molecule has 2 heteroatoms. The van der Waals surface area contributed by atoms with Crippen LogP contribution in [0.3, 0.4) is 0 Å². The molecule has 0 saturated carbocycles. The molecule has 0 radical (unpaired) electrons. The standard InChI is InChI=1S/C16H21ClO/c1-11-8-9-18-16(11)15(17)14-7-6-12-4-2-3-5-13(12)10-14/h6-7,10-11,15-16H,2-5,8-9H2,1H3. The highest BCUT2D eigenvalue weighted by molar-refractivity contribution is 6.21. The first-order valence-corrected chi connectivity index (χ1v) is 7.57. The van der Waals surface area contributed by atoms with E-state index in [2.05, 4.69) is 25.1 Å². The van der Waals surface area contributed by atoms with Crippen LogP contribution in [0.2, 0.25) is 0 Å². The second kappa shape index (κ2) is 5.22. The number of rotatable bonds is 2. The zero-order chi connectivity index (χ0) is 12.5. The normalized spacial score (nSPS) is 29.0. The van der Waals surface area contributed by atoms with Gasteiger partial charge in [0.1, 0.15) is 0 Å². The van der Waals surface area contributed by atoms with E-state index in [1.807, 2.05) is 0 Å². The van der Waals surface area contributed by atoms with Gasteiger partial charge >= 0.3 is 0 Å². The Labute approximate surface area is 114 Å². The lowest BCUT2D eigenvalue weighted by Crippen LogP contribution is -2.19. The topological polar surface area (TPSA) is 9.23 Å². The van der Waals surface area contributed by atoms with Crippen LogP contribution in [0.4, 0.5) is 0 Å². The molecule has 1 aliphatic carbocycles. The Morgan fingerprint density at radius 2 is 2.00 bits per heavy atom. The molecule has 1 heterocycles. The number of benzene rings is 1. The summed E-state index contributed by atoms with van der Waals surface area (Å²) < 4.78 is 5.79. The Hall–Kier alpha value is -0.530. The van der Waals surface area contributed by atoms with E-state index in [0.29, 0.717) is 5.92 Å². The molecule has 3 atom stereocenters. The number of ether oxygens (including phenoxy) is 1. The van der Waals surface area contributed by atoms with E-state index in [-0.39, 0.29) is 11.5 Å². The average molecular weight is 265 g/mol. The lowest BCUT2D eigenvalue weighted by Gasteiger charge is -2.23. The molecule has 0 N–H and O–H groups in total. The van der Waals surface area contributed by atoms with E-state index in [4.69, 9.17) is 16.3 Å². The Bertz CT molecular complexity index is 429. The van der Waals surface area contributed by atoms with Gasteiger partial charge in [-0.05, 0) is 54.7 Å². The molecular weight excluding hydrogens is 244 g/mol. The van der Waals surface area contributed by atoms with Crippen LogP contribution in [-0.4, -0.2) is 12.7 Å². The number of hydrogen-bond acceptors (Lipinski definition) is 1. The van der Waals surface area contributed by atoms with Crippen molar-refractivity contribution in [2.24, 2.45) is 5.92 Å². The molecule has 1 fully saturated rings. The average Bonchev–Trinajstić information content (AvgIpc) is 2.83. The second-order valence-electron chi connectivity index (χ2n) is 5.74. The molecule has 1 aromatic rings. The lowest BCUT2D eigenvalue weighted by molar-refractivity contribution is 0.0903. The molecule has 2 aliphatic rings. The predicted octanol–water partition coefficient (Wildman–Crippen LogP) is 4.27. The van der Waals surface area contributed by atoms with Crippen LogP contribution in [0.5, 0.6) is 0 Å². The summed E-state index contributed by atoms with van der Waals surface area (Å²) in [5, 5.41) is 0.00901. The summed E-state index contributed by atoms with van der Waals surface area (Å²) in [6.07, 6.45) is 6.43. The first-order chi connectivity index (χ1) is 8.75. The number of halogens is 1. The van der Waals surface area contributed by atoms with Crippen molar-refractivity contribution < 1.29 is 4.74 Å². The van der Waals surface area contributed by atoms with E-state index >= 15 is 0 Å². The van der Waals surface area contributed by atoms with E-state index in [1.165, 1.54) is 42.4 Å². The molecule has 98 valence electrons. The number of aryl methyl sites for hydroxylation is 2. The highest BCUT2D eigenvalue weighted by Gasteiger charge is 2.32. The minimum Gasteiger partial charge on any atom is -0.376 e. The van der Waals surface area contributed by atoms with Crippen molar-refractivity contribution >= 4 is 11.6 Å². The van der Waals surface area contributed by atoms with E-state index in [9.17, 15) is 0 Å². The molecule has 0 bridgehead atoms. The van der Waals surface area contributed by atoms with Gasteiger partial charge in [0.05, 0.1) is 11.5 Å². The van der Waals surface area contributed by atoms with Crippen LogP contribution < -0.4 is 0 Å². The summed E-state index contributed by atoms with van der Waals surface area (Å²) in [6.45, 7) is 3.10. The maximum atomic E-state index is 6.62. The molecule has 0 spiro atoms. The van der Waals surface area contributed by atoms with Crippen molar-refractivity contribution in [1.29, 1.82) is 0 Å². The van der Waals surface area contributed by atoms with Crippen LogP contribution >= 0.6 is 11.6 Å². The van der Waals surface area contributed by atoms with Gasteiger partial charge in [-0.3, -0.25) is 0 Å². The van der Waals surface area contributed by atoms with Gasteiger partial charge in [-0.15, -0.1) is 11.6 Å². The molecule has 1 nitrogen and oxygen atoms in total. The fraction of sp³-hybridized carbons (Fsp3) is 0.625. The summed E-state index contributed by atoms with van der Waals surface area (Å²) in [4.78, 5) is 0. The SMILES string of the molecule is CC1CCOC1C(Cl)c1ccc2c(c1)CCCC2. The quantitative estimate of drug-likeness (QED) is 0.725. The summed E-state index contributed by atoms with van der Waals surface area (Å²) in [6, 6.07) is 6.80. The maximum Gasteiger partial charge on any atom is 0.0850 e. The van der Waals surface area contributed by atoms with Gasteiger partial charge < -0.3 is 4.74 Å². The highest BCUT2D eigenvalue weighted by Crippen LogP contribution is 2.37. The van der Waals surface area contributed by atoms with Crippen LogP contribution in [0.1, 0.15) is 48.3 Å². The minimum atomic E-state index is 0.00901. The van der Waals surface area contributed by atoms with E-state index in [1.54, 1.807) is 0 Å². The Balaban J connectivity index is 1.83. The molecule has 1 aromatic carbocycles. The molecule has 0 aromatic heterocycles. The molecule has 0 amide bonds. The molecular formula is C16H21ClO. The predicted molar refractivity (Wildman–Crippen MR) is 75.2 cm³/mol. The molecule has 3 rings (SSSR count). The van der Waals surface area contributed by atoms with Crippen LogP contribution in [-0.2, 0) is 17.6 Å². The van der Waals surface area contributed by atoms with Crippen molar-refractivity contribution in [3.05, 3.63) is 34.9 Å². The van der Waals surface area contributed by atoms with Gasteiger partial charge in [-0.2, -0.15) is 0 Å². The van der Waals surface area contributed by atoms with E-state index in [0.717, 1.165) is 13.0 Å². The van der Waals surface area contributed by atoms with Crippen molar-refractivity contribution in [2.45, 2.75) is 50.5 Å². The van der Waals surface area contributed by atoms with Gasteiger partial charge in [0.2, 0.25) is 0 Å². The Morgan fingerprint density at radius 1 is 1.22 bits per heavy atom. The van der Waals surface area contributed by atoms with Crippen molar-refractivity contribution in [1.82, 2.24) is 0 Å². The Morgan fingerprint density at radius 3 is 2.72 bits per heavy atom. The number of hydrogen-bond donors (Lipinski definition) is 0. The van der Waals surface area contributed by atoms with Crippen molar-refractivity contribution in [3.63, 3.8) is 0 Å². The first-order valence-electron chi connectivity index (χ1n) is 7.13. The van der Waals surface area contributed by atoms with Crippen LogP contribution in [0.15, 0.2) is 18.2 Å². The smallest absolute Gasteiger partial charge is 0.0850 e. The molecule has 1 aliphatic heterocycles. The van der Waals surface area contributed by atoms with E-state index < -0.39 is 0 Å². The zero-order valence-corrected chi connectivity index (χ0v) is 11.7. The summed E-state index contributed by atoms with van der Waals surface area (Å²) in [5.41, 5.74) is 4.28. The third-order valence-corrected chi connectivity index (χ3v) is 4.92. The largest absolute Gasteiger partial charge is 0.376 e. The number of alkyl halides is 1. The van der Waals surface area contributed by atoms with Gasteiger partial charge in [-0.1, -0.05) is 25.1 Å². The lowest BCUT2D eigenvalue weighted by atomic mass is 9.88. The van der Waals surface area contributed by atoms with Gasteiger partial charge in [-0.25, -0.2) is 0 Å². The fourth-order valence-corrected chi connectivity index (χ4v) is 3.66. The van der Waals surface area contributed by atoms with Gasteiger partial charge in [0, 0.05) is 6.61 Å². The fourth-order valence-electron chi connectivity index (χ4n) is 3.21. The van der Waals surface area contributed by atoms with Crippen molar-refractivity contribution in [3.8, 4) is 0 Å². The first kappa shape index (κ1) is 12.5. The Kier molecular flexibility index (Phi) is 3.63. The van der Waals surface area contributed by atoms with Crippen LogP contribution in [0.25, 0.3) is 0 Å². The zero-order valence-electron chi connectivity index (χ0n) is 11.0. The monoisotopic (exact) mass is 264 g/mol. The van der Waals surface area contributed by atoms with Crippen molar-refractivity contribution in [2.75, 3.05) is 6.61 Å². The van der Waals surface area contributed by atoms with Crippen LogP contribution in [0, 0.1) is 5.92 Å². The summed E-state index contributed by atoms with van der Waals surface area (Å²) >= 11 is 6.62. The molecule has 18 heavy (non-hydrogen) atoms. The minimum absolute atomic E-state index is 0.00901. The second-order valence-corrected chi connectivity index (χ2v) is 6.21. The van der Waals surface area contributed by atoms with Gasteiger partial charge in [0.15, 0.2) is 0 Å².